The first-order valence-electron chi connectivity index (χ1n) is 15.0. The van der Waals surface area contributed by atoms with Crippen molar-refractivity contribution in [1.82, 2.24) is 29.1 Å². The van der Waals surface area contributed by atoms with Crippen molar-refractivity contribution in [3.8, 4) is 11.1 Å². The number of carbonyl (C=O) groups is 3. The Labute approximate surface area is 287 Å². The van der Waals surface area contributed by atoms with E-state index in [4.69, 9.17) is 28.9 Å². The monoisotopic (exact) mass is 710 g/mol. The number of aromatic nitrogens is 4. The van der Waals surface area contributed by atoms with Gasteiger partial charge in [-0.15, -0.1) is 0 Å². The van der Waals surface area contributed by atoms with Crippen LogP contribution in [0.15, 0.2) is 72.4 Å². The second-order valence-electron chi connectivity index (χ2n) is 12.5. The summed E-state index contributed by atoms with van der Waals surface area (Å²) in [5.74, 6) is -1.83. The molecule has 16 heteroatoms. The molecule has 2 aromatic carbocycles. The number of nitrogens with one attached hydrogen (secondary N) is 1. The molecule has 1 saturated heterocycles. The van der Waals surface area contributed by atoms with Crippen LogP contribution in [0, 0.1) is 0 Å². The number of sulfonamides is 1. The van der Waals surface area contributed by atoms with Gasteiger partial charge < -0.3 is 11.1 Å². The van der Waals surface area contributed by atoms with Gasteiger partial charge in [-0.25, -0.2) is 28.3 Å². The van der Waals surface area contributed by atoms with Crippen molar-refractivity contribution in [3.05, 3.63) is 83.0 Å². The van der Waals surface area contributed by atoms with Gasteiger partial charge in [0.05, 0.1) is 11.9 Å². The van der Waals surface area contributed by atoms with Gasteiger partial charge in [-0.2, -0.15) is 4.31 Å². The van der Waals surface area contributed by atoms with Crippen LogP contribution in [0.4, 0.5) is 11.6 Å². The highest BCUT2D eigenvalue weighted by molar-refractivity contribution is 7.89. The number of hydrogen-bond acceptors (Lipinski definition) is 8. The van der Waals surface area contributed by atoms with Gasteiger partial charge in [0, 0.05) is 41.0 Å². The van der Waals surface area contributed by atoms with Crippen molar-refractivity contribution in [2.75, 3.05) is 11.4 Å². The van der Waals surface area contributed by atoms with Gasteiger partial charge in [-0.05, 0) is 62.9 Å². The van der Waals surface area contributed by atoms with Crippen molar-refractivity contribution in [1.29, 1.82) is 0 Å². The van der Waals surface area contributed by atoms with E-state index in [2.05, 4.69) is 20.3 Å². The van der Waals surface area contributed by atoms with E-state index in [1.165, 1.54) is 41.9 Å². The fourth-order valence-corrected chi connectivity index (χ4v) is 8.50. The molecule has 0 aliphatic carbocycles. The van der Waals surface area contributed by atoms with E-state index in [0.29, 0.717) is 12.1 Å². The van der Waals surface area contributed by atoms with Gasteiger partial charge in [0.25, 0.3) is 15.9 Å². The quantitative estimate of drug-likeness (QED) is 0.264. The standard InChI is InChI=1S/C32H32Cl2N8O5S/c1-31(2,28(35)44)39-27(43)25-5-4-10-40(25)48(46,47)26-17-38-30-41(24-12-22(33)11-23(34)13-24)29(45)32(3,42(26)30)14-19-6-8-20(9-7-19)21-15-36-18-37-16-21/h6-9,11-13,15-18,25H,4-5,10,14H2,1-3H3,(H2,35,44)(H,39,43)/t25-,32+/m0/s1. The molecule has 13 nitrogen and oxygen atoms in total. The Morgan fingerprint density at radius 1 is 1.04 bits per heavy atom. The average molecular weight is 712 g/mol. The van der Waals surface area contributed by atoms with E-state index >= 15 is 0 Å². The molecule has 4 aromatic rings. The zero-order valence-electron chi connectivity index (χ0n) is 26.2. The summed E-state index contributed by atoms with van der Waals surface area (Å²) in [6.07, 6.45) is 6.72. The molecule has 2 aliphatic heterocycles. The van der Waals surface area contributed by atoms with Gasteiger partial charge in [0.2, 0.25) is 17.8 Å². The van der Waals surface area contributed by atoms with E-state index in [9.17, 15) is 22.8 Å². The summed E-state index contributed by atoms with van der Waals surface area (Å²) in [6.45, 7) is 4.58. The van der Waals surface area contributed by atoms with Crippen LogP contribution in [-0.2, 0) is 36.4 Å². The molecule has 2 aromatic heterocycles. The molecule has 48 heavy (non-hydrogen) atoms. The molecule has 250 valence electrons. The number of rotatable bonds is 9. The number of hydrogen-bond donors (Lipinski definition) is 2. The van der Waals surface area contributed by atoms with Gasteiger partial charge in [0.15, 0.2) is 5.03 Å². The van der Waals surface area contributed by atoms with Crippen LogP contribution in [-0.4, -0.2) is 68.1 Å². The predicted octanol–water partition coefficient (Wildman–Crippen LogP) is 3.82. The molecular formula is C32H32Cl2N8O5S. The number of nitrogens with two attached hydrogens (primary N) is 1. The molecule has 6 rings (SSSR count). The molecule has 4 heterocycles. The maximum Gasteiger partial charge on any atom is 0.261 e. The minimum Gasteiger partial charge on any atom is -0.368 e. The van der Waals surface area contributed by atoms with Crippen LogP contribution < -0.4 is 16.0 Å². The molecule has 0 unspecified atom stereocenters. The molecule has 2 aliphatic rings. The summed E-state index contributed by atoms with van der Waals surface area (Å²) >= 11 is 12.6. The van der Waals surface area contributed by atoms with Crippen LogP contribution in [0.5, 0.6) is 0 Å². The number of fused-ring (bicyclic) bond motifs is 1. The zero-order valence-corrected chi connectivity index (χ0v) is 28.6. The Morgan fingerprint density at radius 2 is 1.69 bits per heavy atom. The summed E-state index contributed by atoms with van der Waals surface area (Å²) in [6, 6.07) is 11.0. The number of carbonyl (C=O) groups excluding carboxylic acids is 3. The minimum atomic E-state index is -4.43. The number of anilines is 2. The Kier molecular flexibility index (Phi) is 8.56. The number of benzene rings is 2. The maximum atomic E-state index is 14.5. The molecule has 0 spiro atoms. The summed E-state index contributed by atoms with van der Waals surface area (Å²) in [4.78, 5) is 53.6. The van der Waals surface area contributed by atoms with Crippen LogP contribution in [0.2, 0.25) is 10.0 Å². The lowest BCUT2D eigenvalue weighted by Gasteiger charge is -2.30. The summed E-state index contributed by atoms with van der Waals surface area (Å²) in [5.41, 5.74) is 5.27. The van der Waals surface area contributed by atoms with E-state index in [1.807, 2.05) is 24.3 Å². The number of primary amides is 1. The van der Waals surface area contributed by atoms with E-state index in [0.717, 1.165) is 21.0 Å². The summed E-state index contributed by atoms with van der Waals surface area (Å²) < 4.78 is 31.4. The summed E-state index contributed by atoms with van der Waals surface area (Å²) in [5, 5.41) is 2.85. The van der Waals surface area contributed by atoms with Crippen molar-refractivity contribution < 1.29 is 22.8 Å². The third kappa shape index (κ3) is 5.82. The van der Waals surface area contributed by atoms with E-state index in [1.54, 1.807) is 31.5 Å². The fourth-order valence-electron chi connectivity index (χ4n) is 6.14. The normalized spacial score (nSPS) is 19.8. The lowest BCUT2D eigenvalue weighted by Crippen LogP contribution is -2.57. The van der Waals surface area contributed by atoms with Crippen molar-refractivity contribution in [2.24, 2.45) is 5.73 Å². The highest BCUT2D eigenvalue weighted by Crippen LogP contribution is 2.45. The average Bonchev–Trinajstić information content (AvgIpc) is 3.75. The number of amides is 3. The molecule has 1 fully saturated rings. The van der Waals surface area contributed by atoms with Crippen LogP contribution in [0.25, 0.3) is 11.1 Å². The highest BCUT2D eigenvalue weighted by atomic mass is 35.5. The van der Waals surface area contributed by atoms with Gasteiger partial charge in [-0.3, -0.25) is 19.0 Å². The molecule has 0 radical (unpaired) electrons. The highest BCUT2D eigenvalue weighted by Gasteiger charge is 2.53. The lowest BCUT2D eigenvalue weighted by molar-refractivity contribution is -0.132. The third-order valence-corrected chi connectivity index (χ3v) is 11.0. The van der Waals surface area contributed by atoms with Gasteiger partial charge >= 0.3 is 0 Å². The maximum absolute atomic E-state index is 14.5. The van der Waals surface area contributed by atoms with Crippen LogP contribution in [0.3, 0.4) is 0 Å². The predicted molar refractivity (Wildman–Crippen MR) is 179 cm³/mol. The SMILES string of the molecule is CC(C)(NC(=O)[C@@H]1CCCN1S(=O)(=O)c1cnc2n1[C@](C)(Cc1ccc(-c3cncnc3)cc1)C(=O)N2c1cc(Cl)cc(Cl)c1)C(N)=O. The molecule has 0 bridgehead atoms. The molecule has 2 atom stereocenters. The second-order valence-corrected chi connectivity index (χ2v) is 15.2. The molecular weight excluding hydrogens is 679 g/mol. The fraction of sp³-hybridized carbons (Fsp3) is 0.312. The minimum absolute atomic E-state index is 0.0425. The largest absolute Gasteiger partial charge is 0.368 e. The Morgan fingerprint density at radius 3 is 2.31 bits per heavy atom. The van der Waals surface area contributed by atoms with Crippen molar-refractivity contribution in [3.63, 3.8) is 0 Å². The topological polar surface area (TPSA) is 173 Å². The van der Waals surface area contributed by atoms with Gasteiger partial charge in [-0.1, -0.05) is 47.5 Å². The van der Waals surface area contributed by atoms with Crippen molar-refractivity contribution in [2.45, 2.75) is 62.2 Å². The first kappa shape index (κ1) is 33.5. The van der Waals surface area contributed by atoms with Crippen LogP contribution >= 0.6 is 23.2 Å². The molecule has 3 N–H and O–H groups in total. The number of nitrogens with zero attached hydrogens (tertiary/aromatic N) is 6. The Balaban J connectivity index is 1.43. The van der Waals surface area contributed by atoms with E-state index in [-0.39, 0.29) is 40.4 Å². The molecule has 3 amide bonds. The number of imidazole rings is 1. The lowest BCUT2D eigenvalue weighted by atomic mass is 9.91. The van der Waals surface area contributed by atoms with E-state index < -0.39 is 44.9 Å². The zero-order chi connectivity index (χ0) is 34.6. The molecule has 0 saturated carbocycles. The first-order chi connectivity index (χ1) is 22.6. The van der Waals surface area contributed by atoms with Crippen LogP contribution in [0.1, 0.15) is 39.2 Å². The smallest absolute Gasteiger partial charge is 0.261 e. The number of halogens is 2. The third-order valence-electron chi connectivity index (χ3n) is 8.70. The Bertz CT molecular complexity index is 2020. The van der Waals surface area contributed by atoms with Crippen molar-refractivity contribution >= 4 is 62.6 Å². The van der Waals surface area contributed by atoms with Gasteiger partial charge in [0.1, 0.15) is 23.4 Å². The summed E-state index contributed by atoms with van der Waals surface area (Å²) in [7, 11) is -4.43. The second kappa shape index (κ2) is 12.3. The first-order valence-corrected chi connectivity index (χ1v) is 17.2. The Hall–Kier alpha value is -4.37.